The molecule has 1 aliphatic heterocycles. The van der Waals surface area contributed by atoms with Crippen LogP contribution in [0.25, 0.3) is 0 Å². The van der Waals surface area contributed by atoms with Gasteiger partial charge in [-0.05, 0) is 13.0 Å². The average molecular weight is 182 g/mol. The molecule has 1 fully saturated rings. The number of hydrogen-bond donors (Lipinski definition) is 2. The molecule has 11 heavy (non-hydrogen) atoms. The number of methoxy groups -OCH3 is 1. The molecule has 0 aromatic heterocycles. The Morgan fingerprint density at radius 3 is 2.73 bits per heavy atom. The van der Waals surface area contributed by atoms with Crippen LogP contribution in [0.2, 0.25) is 0 Å². The van der Waals surface area contributed by atoms with E-state index in [4.69, 9.17) is 5.11 Å². The van der Waals surface area contributed by atoms with E-state index in [0.29, 0.717) is 13.0 Å². The van der Waals surface area contributed by atoms with Crippen molar-refractivity contribution in [2.75, 3.05) is 13.7 Å². The molecule has 0 radical (unpaired) electrons. The van der Waals surface area contributed by atoms with Crippen molar-refractivity contribution in [2.45, 2.75) is 18.6 Å². The van der Waals surface area contributed by atoms with E-state index in [9.17, 15) is 4.79 Å². The Kier molecular flexibility index (Phi) is 4.40. The van der Waals surface area contributed by atoms with Gasteiger partial charge in [0.05, 0.1) is 13.2 Å². The number of esters is 1. The zero-order valence-corrected chi connectivity index (χ0v) is 7.06. The highest BCUT2D eigenvalue weighted by molar-refractivity contribution is 5.85. The van der Waals surface area contributed by atoms with Gasteiger partial charge in [-0.3, -0.25) is 4.79 Å². The van der Waals surface area contributed by atoms with Gasteiger partial charge in [0, 0.05) is 0 Å². The van der Waals surface area contributed by atoms with Gasteiger partial charge < -0.3 is 15.2 Å². The van der Waals surface area contributed by atoms with Crippen molar-refractivity contribution in [1.29, 1.82) is 0 Å². The maximum Gasteiger partial charge on any atom is 0.325 e. The fourth-order valence-electron chi connectivity index (χ4n) is 1.06. The molecule has 0 amide bonds. The second-order valence-corrected chi connectivity index (χ2v) is 2.31. The monoisotopic (exact) mass is 181 g/mol. The van der Waals surface area contributed by atoms with Crippen LogP contribution in [0.1, 0.15) is 6.42 Å². The third-order valence-corrected chi connectivity index (χ3v) is 1.64. The number of aliphatic hydroxyl groups excluding tert-OH is 1. The van der Waals surface area contributed by atoms with E-state index >= 15 is 0 Å². The molecule has 1 rings (SSSR count). The fraction of sp³-hybridized carbons (Fsp3) is 0.833. The first-order chi connectivity index (χ1) is 4.75. The molecule has 2 atom stereocenters. The molecule has 1 heterocycles. The Labute approximate surface area is 71.3 Å². The first kappa shape index (κ1) is 10.7. The summed E-state index contributed by atoms with van der Waals surface area (Å²) >= 11 is 0. The SMILES string of the molecule is COC(=O)[C@@H]1NCCC1O.Cl. The van der Waals surface area contributed by atoms with Gasteiger partial charge in [-0.2, -0.15) is 0 Å². The van der Waals surface area contributed by atoms with E-state index < -0.39 is 12.1 Å². The van der Waals surface area contributed by atoms with Crippen LogP contribution in [-0.4, -0.2) is 36.9 Å². The number of ether oxygens (including phenoxy) is 1. The minimum Gasteiger partial charge on any atom is -0.468 e. The predicted octanol–water partition coefficient (Wildman–Crippen LogP) is -0.696. The molecule has 4 nitrogen and oxygen atoms in total. The smallest absolute Gasteiger partial charge is 0.325 e. The number of hydrogen-bond acceptors (Lipinski definition) is 4. The summed E-state index contributed by atoms with van der Waals surface area (Å²) in [7, 11) is 1.31. The first-order valence-corrected chi connectivity index (χ1v) is 3.25. The predicted molar refractivity (Wildman–Crippen MR) is 41.7 cm³/mol. The Morgan fingerprint density at radius 2 is 2.36 bits per heavy atom. The van der Waals surface area contributed by atoms with Crippen LogP contribution >= 0.6 is 12.4 Å². The largest absolute Gasteiger partial charge is 0.468 e. The number of halogens is 1. The van der Waals surface area contributed by atoms with Gasteiger partial charge in [-0.1, -0.05) is 0 Å². The maximum absolute atomic E-state index is 10.8. The lowest BCUT2D eigenvalue weighted by molar-refractivity contribution is -0.144. The van der Waals surface area contributed by atoms with E-state index in [-0.39, 0.29) is 18.4 Å². The highest BCUT2D eigenvalue weighted by Crippen LogP contribution is 2.07. The summed E-state index contributed by atoms with van der Waals surface area (Å²) in [4.78, 5) is 10.8. The molecule has 0 spiro atoms. The van der Waals surface area contributed by atoms with Gasteiger partial charge in [-0.15, -0.1) is 12.4 Å². The van der Waals surface area contributed by atoms with Crippen molar-refractivity contribution in [1.82, 2.24) is 5.32 Å². The van der Waals surface area contributed by atoms with Gasteiger partial charge in [0.15, 0.2) is 0 Å². The highest BCUT2D eigenvalue weighted by Gasteiger charge is 2.31. The molecule has 1 saturated heterocycles. The lowest BCUT2D eigenvalue weighted by Gasteiger charge is -2.10. The first-order valence-electron chi connectivity index (χ1n) is 3.25. The second kappa shape index (κ2) is 4.54. The Bertz CT molecular complexity index is 142. The van der Waals surface area contributed by atoms with Crippen molar-refractivity contribution in [3.63, 3.8) is 0 Å². The summed E-state index contributed by atoms with van der Waals surface area (Å²) < 4.78 is 4.44. The maximum atomic E-state index is 10.8. The van der Waals surface area contributed by atoms with Crippen molar-refractivity contribution in [3.8, 4) is 0 Å². The van der Waals surface area contributed by atoms with Gasteiger partial charge >= 0.3 is 5.97 Å². The third-order valence-electron chi connectivity index (χ3n) is 1.64. The summed E-state index contributed by atoms with van der Waals surface area (Å²) in [6.45, 7) is 0.681. The molecule has 2 N–H and O–H groups in total. The lowest BCUT2D eigenvalue weighted by atomic mass is 10.2. The number of carbonyl (C=O) groups is 1. The number of aliphatic hydroxyl groups is 1. The zero-order valence-electron chi connectivity index (χ0n) is 6.24. The van der Waals surface area contributed by atoms with Crippen molar-refractivity contribution < 1.29 is 14.6 Å². The Balaban J connectivity index is 0.000001000. The van der Waals surface area contributed by atoms with Crippen LogP contribution in [0.5, 0.6) is 0 Å². The molecule has 1 aliphatic rings. The molecule has 0 aliphatic carbocycles. The number of carbonyl (C=O) groups excluding carboxylic acids is 1. The molecule has 0 aromatic carbocycles. The molecule has 1 unspecified atom stereocenters. The average Bonchev–Trinajstić information content (AvgIpc) is 2.34. The van der Waals surface area contributed by atoms with Gasteiger partial charge in [-0.25, -0.2) is 0 Å². The van der Waals surface area contributed by atoms with Gasteiger partial charge in [0.1, 0.15) is 6.04 Å². The summed E-state index contributed by atoms with van der Waals surface area (Å²) in [6.07, 6.45) is 0.0483. The van der Waals surface area contributed by atoms with E-state index in [1.165, 1.54) is 7.11 Å². The quantitative estimate of drug-likeness (QED) is 0.526. The Morgan fingerprint density at radius 1 is 1.73 bits per heavy atom. The van der Waals surface area contributed by atoms with Crippen LogP contribution in [0, 0.1) is 0 Å². The van der Waals surface area contributed by atoms with E-state index in [1.807, 2.05) is 0 Å². The molecule has 0 bridgehead atoms. The van der Waals surface area contributed by atoms with E-state index in [2.05, 4.69) is 10.1 Å². The van der Waals surface area contributed by atoms with Gasteiger partial charge in [0.2, 0.25) is 0 Å². The fourth-order valence-corrected chi connectivity index (χ4v) is 1.06. The van der Waals surface area contributed by atoms with Crippen LogP contribution in [0.4, 0.5) is 0 Å². The van der Waals surface area contributed by atoms with Crippen LogP contribution in [-0.2, 0) is 9.53 Å². The second-order valence-electron chi connectivity index (χ2n) is 2.31. The topological polar surface area (TPSA) is 58.6 Å². The van der Waals surface area contributed by atoms with Crippen LogP contribution in [0.15, 0.2) is 0 Å². The van der Waals surface area contributed by atoms with E-state index in [1.54, 1.807) is 0 Å². The van der Waals surface area contributed by atoms with Crippen molar-refractivity contribution in [2.24, 2.45) is 0 Å². The third kappa shape index (κ3) is 2.32. The molecule has 0 saturated carbocycles. The Hall–Kier alpha value is -0.320. The lowest BCUT2D eigenvalue weighted by Crippen LogP contribution is -2.39. The molecule has 5 heteroatoms. The summed E-state index contributed by atoms with van der Waals surface area (Å²) in [6, 6.07) is -0.509. The molecular weight excluding hydrogens is 170 g/mol. The van der Waals surface area contributed by atoms with E-state index in [0.717, 1.165) is 0 Å². The van der Waals surface area contributed by atoms with Crippen LogP contribution < -0.4 is 5.32 Å². The summed E-state index contributed by atoms with van der Waals surface area (Å²) in [5.41, 5.74) is 0. The minimum absolute atomic E-state index is 0. The molecular formula is C6H12ClNO3. The highest BCUT2D eigenvalue weighted by atomic mass is 35.5. The van der Waals surface area contributed by atoms with Crippen molar-refractivity contribution >= 4 is 18.4 Å². The zero-order chi connectivity index (χ0) is 7.56. The van der Waals surface area contributed by atoms with Crippen LogP contribution in [0.3, 0.4) is 0 Å². The number of nitrogens with one attached hydrogen (secondary N) is 1. The molecule has 0 aromatic rings. The number of rotatable bonds is 1. The minimum atomic E-state index is -0.576. The normalized spacial score (nSPS) is 29.3. The molecule has 66 valence electrons. The van der Waals surface area contributed by atoms with Crippen molar-refractivity contribution in [3.05, 3.63) is 0 Å². The summed E-state index contributed by atoms with van der Waals surface area (Å²) in [5, 5.41) is 12.0. The standard InChI is InChI=1S/C6H11NO3.ClH/c1-10-6(9)5-4(8)2-3-7-5;/h4-5,7-8H,2-3H2,1H3;1H/t4?,5-;/m1./s1. The van der Waals surface area contributed by atoms with Gasteiger partial charge in [0.25, 0.3) is 0 Å². The summed E-state index contributed by atoms with van der Waals surface area (Å²) in [5.74, 6) is -0.384.